The smallest absolute Gasteiger partial charge is 0.270 e. The highest BCUT2D eigenvalue weighted by Crippen LogP contribution is 2.20. The summed E-state index contributed by atoms with van der Waals surface area (Å²) in [5.74, 6) is 0.465. The van der Waals surface area contributed by atoms with Crippen LogP contribution in [0.3, 0.4) is 0 Å². The van der Waals surface area contributed by atoms with Crippen molar-refractivity contribution < 1.29 is 9.36 Å². The number of aromatic nitrogens is 1. The fourth-order valence-corrected chi connectivity index (χ4v) is 2.92. The van der Waals surface area contributed by atoms with E-state index in [1.165, 1.54) is 5.56 Å². The zero-order valence-electron chi connectivity index (χ0n) is 14.8. The summed E-state index contributed by atoms with van der Waals surface area (Å²) < 4.78 is 1.84. The van der Waals surface area contributed by atoms with Crippen LogP contribution in [-0.4, -0.2) is 17.3 Å². The van der Waals surface area contributed by atoms with Gasteiger partial charge in [0.15, 0.2) is 17.4 Å². The fourth-order valence-electron chi connectivity index (χ4n) is 2.61. The van der Waals surface area contributed by atoms with E-state index in [1.54, 1.807) is 6.08 Å². The molecular weight excluding hydrogens is 328 g/mol. The van der Waals surface area contributed by atoms with Crippen LogP contribution in [0.4, 0.5) is 0 Å². The second kappa shape index (κ2) is 9.23. The molecule has 1 aromatic carbocycles. The van der Waals surface area contributed by atoms with E-state index in [0.29, 0.717) is 23.0 Å². The van der Waals surface area contributed by atoms with Crippen molar-refractivity contribution in [3.05, 3.63) is 78.6 Å². The number of hydrogen-bond donors (Lipinski definition) is 1. The van der Waals surface area contributed by atoms with Crippen LogP contribution in [0.25, 0.3) is 0 Å². The lowest BCUT2D eigenvalue weighted by Gasteiger charge is -2.15. The van der Waals surface area contributed by atoms with E-state index >= 15 is 0 Å². The van der Waals surface area contributed by atoms with Gasteiger partial charge in [-0.3, -0.25) is 4.79 Å². The molecule has 2 rings (SSSR count). The molecule has 3 nitrogen and oxygen atoms in total. The number of thiocarbonyl (C=S) groups is 1. The minimum Gasteiger partial charge on any atom is -0.370 e. The number of hydrogen-bond acceptors (Lipinski definition) is 2. The second-order valence-electron chi connectivity index (χ2n) is 6.05. The van der Waals surface area contributed by atoms with E-state index in [-0.39, 0.29) is 5.78 Å². The summed E-state index contributed by atoms with van der Waals surface area (Å²) in [6.45, 7) is 8.57. The molecule has 0 aliphatic carbocycles. The number of pyridine rings is 1. The van der Waals surface area contributed by atoms with Crippen molar-refractivity contribution in [2.45, 2.75) is 32.2 Å². The number of nitrogens with zero attached hydrogens (tertiary/aromatic N) is 1. The topological polar surface area (TPSA) is 33.0 Å². The Balaban J connectivity index is 2.31. The molecule has 0 saturated carbocycles. The number of nitrogens with one attached hydrogen (secondary N) is 1. The first-order chi connectivity index (χ1) is 12.1. The first-order valence-electron chi connectivity index (χ1n) is 8.57. The van der Waals surface area contributed by atoms with Crippen molar-refractivity contribution in [1.29, 1.82) is 0 Å². The first-order valence-corrected chi connectivity index (χ1v) is 8.97. The van der Waals surface area contributed by atoms with E-state index in [4.69, 9.17) is 12.2 Å². The molecule has 0 unspecified atom stereocenters. The Labute approximate surface area is 155 Å². The number of carbonyl (C=O) groups is 1. The molecule has 4 heteroatoms. The van der Waals surface area contributed by atoms with Crippen LogP contribution >= 0.6 is 12.2 Å². The van der Waals surface area contributed by atoms with Crippen LogP contribution < -0.4 is 9.88 Å². The number of rotatable bonds is 8. The molecule has 0 saturated heterocycles. The normalized spacial score (nSPS) is 12.9. The van der Waals surface area contributed by atoms with Gasteiger partial charge in [0.25, 0.3) is 6.04 Å². The fraction of sp³-hybridized carbons (Fsp3) is 0.286. The summed E-state index contributed by atoms with van der Waals surface area (Å²) in [7, 11) is 0. The molecule has 1 aromatic heterocycles. The Morgan fingerprint density at radius 3 is 2.44 bits per heavy atom. The van der Waals surface area contributed by atoms with Gasteiger partial charge in [-0.05, 0) is 17.9 Å². The Morgan fingerprint density at radius 1 is 1.24 bits per heavy atom. The SMILES string of the molecule is C=CCNC(=S)[C@@H](C(=O)c1ccc([C@H](C)CC)cc1)[n+]1ccccc1. The zero-order chi connectivity index (χ0) is 18.2. The molecular formula is C21H25N2OS+. The first kappa shape index (κ1) is 19.0. The Hall–Kier alpha value is -2.33. The summed E-state index contributed by atoms with van der Waals surface area (Å²) in [5, 5.41) is 3.09. The highest BCUT2D eigenvalue weighted by molar-refractivity contribution is 7.80. The van der Waals surface area contributed by atoms with Gasteiger partial charge in [0, 0.05) is 24.2 Å². The molecule has 0 amide bonds. The predicted molar refractivity (Wildman–Crippen MR) is 106 cm³/mol. The van der Waals surface area contributed by atoms with E-state index < -0.39 is 6.04 Å². The minimum atomic E-state index is -0.564. The van der Waals surface area contributed by atoms with Gasteiger partial charge in [0.1, 0.15) is 0 Å². The number of benzene rings is 1. The lowest BCUT2D eigenvalue weighted by Crippen LogP contribution is -2.51. The maximum Gasteiger partial charge on any atom is 0.270 e. The highest BCUT2D eigenvalue weighted by Gasteiger charge is 2.32. The van der Waals surface area contributed by atoms with Crippen LogP contribution in [0, 0.1) is 0 Å². The van der Waals surface area contributed by atoms with Crippen LogP contribution in [-0.2, 0) is 0 Å². The molecule has 25 heavy (non-hydrogen) atoms. The number of ketones is 1. The quantitative estimate of drug-likeness (QED) is 0.337. The summed E-state index contributed by atoms with van der Waals surface area (Å²) in [6.07, 6.45) is 6.52. The molecule has 1 heterocycles. The molecule has 0 bridgehead atoms. The van der Waals surface area contributed by atoms with Gasteiger partial charge >= 0.3 is 0 Å². The van der Waals surface area contributed by atoms with Gasteiger partial charge in [-0.1, -0.05) is 62.5 Å². The molecule has 2 atom stereocenters. The van der Waals surface area contributed by atoms with E-state index in [9.17, 15) is 4.79 Å². The molecule has 0 aliphatic heterocycles. The van der Waals surface area contributed by atoms with Gasteiger partial charge in [0.05, 0.1) is 0 Å². The Bertz CT molecular complexity index is 725. The van der Waals surface area contributed by atoms with Crippen molar-refractivity contribution in [3.63, 3.8) is 0 Å². The highest BCUT2D eigenvalue weighted by atomic mass is 32.1. The average molecular weight is 354 g/mol. The Morgan fingerprint density at radius 2 is 1.88 bits per heavy atom. The summed E-state index contributed by atoms with van der Waals surface area (Å²) >= 11 is 5.48. The van der Waals surface area contributed by atoms with Gasteiger partial charge in [-0.25, -0.2) is 0 Å². The third-order valence-electron chi connectivity index (χ3n) is 4.33. The summed E-state index contributed by atoms with van der Waals surface area (Å²) in [6, 6.07) is 13.0. The van der Waals surface area contributed by atoms with Gasteiger partial charge in [0.2, 0.25) is 5.78 Å². The largest absolute Gasteiger partial charge is 0.370 e. The minimum absolute atomic E-state index is 0.0199. The molecule has 2 aromatic rings. The van der Waals surface area contributed by atoms with E-state index in [1.807, 2.05) is 59.4 Å². The van der Waals surface area contributed by atoms with Crippen molar-refractivity contribution in [3.8, 4) is 0 Å². The summed E-state index contributed by atoms with van der Waals surface area (Å²) in [5.41, 5.74) is 1.91. The zero-order valence-corrected chi connectivity index (χ0v) is 15.6. The average Bonchev–Trinajstić information content (AvgIpc) is 2.66. The van der Waals surface area contributed by atoms with Gasteiger partial charge < -0.3 is 5.32 Å². The van der Waals surface area contributed by atoms with E-state index in [0.717, 1.165) is 6.42 Å². The number of Topliss-reactive ketones (excluding diaryl/α,β-unsaturated/α-hetero) is 1. The van der Waals surface area contributed by atoms with Gasteiger partial charge in [-0.2, -0.15) is 4.57 Å². The van der Waals surface area contributed by atoms with E-state index in [2.05, 4.69) is 25.7 Å². The lowest BCUT2D eigenvalue weighted by molar-refractivity contribution is -0.692. The van der Waals surface area contributed by atoms with Crippen molar-refractivity contribution in [2.75, 3.05) is 6.54 Å². The lowest BCUT2D eigenvalue weighted by atomic mass is 9.95. The maximum absolute atomic E-state index is 13.1. The van der Waals surface area contributed by atoms with Crippen LogP contribution in [0.2, 0.25) is 0 Å². The molecule has 0 radical (unpaired) electrons. The molecule has 0 spiro atoms. The van der Waals surface area contributed by atoms with Crippen LogP contribution in [0.1, 0.15) is 48.1 Å². The standard InChI is InChI=1S/C21H24N2OS/c1-4-13-22-21(25)19(23-14-7-6-8-15-23)20(24)18-11-9-17(10-12-18)16(3)5-2/h4,6-12,14-16,19H,1,5,13H2,2-3H3/p+1/t16-,19-/m1/s1. The third-order valence-corrected chi connectivity index (χ3v) is 4.70. The van der Waals surface area contributed by atoms with Gasteiger partial charge in [-0.15, -0.1) is 6.58 Å². The molecule has 1 N–H and O–H groups in total. The summed E-state index contributed by atoms with van der Waals surface area (Å²) in [4.78, 5) is 13.6. The monoisotopic (exact) mass is 353 g/mol. The molecule has 0 aliphatic rings. The molecule has 0 fully saturated rings. The Kier molecular flexibility index (Phi) is 7.02. The third kappa shape index (κ3) is 4.83. The number of carbonyl (C=O) groups excluding carboxylic acids is 1. The van der Waals surface area contributed by atoms with Crippen LogP contribution in [0.15, 0.2) is 67.5 Å². The van der Waals surface area contributed by atoms with Crippen molar-refractivity contribution >= 4 is 23.0 Å². The predicted octanol–water partition coefficient (Wildman–Crippen LogP) is 4.01. The van der Waals surface area contributed by atoms with Crippen molar-refractivity contribution in [2.24, 2.45) is 0 Å². The van der Waals surface area contributed by atoms with Crippen LogP contribution in [0.5, 0.6) is 0 Å². The maximum atomic E-state index is 13.1. The second-order valence-corrected chi connectivity index (χ2v) is 6.49. The molecule has 130 valence electrons. The van der Waals surface area contributed by atoms with Crippen molar-refractivity contribution in [1.82, 2.24) is 5.32 Å².